The molecule has 0 amide bonds. The van der Waals surface area contributed by atoms with Crippen LogP contribution in [0, 0.1) is 0 Å². The third kappa shape index (κ3) is 1.48. The molecule has 3 rings (SSSR count). The van der Waals surface area contributed by atoms with E-state index < -0.39 is 0 Å². The van der Waals surface area contributed by atoms with Gasteiger partial charge in [-0.1, -0.05) is 0 Å². The molecule has 2 aromatic heterocycles. The summed E-state index contributed by atoms with van der Waals surface area (Å²) in [6.07, 6.45) is 8.91. The number of rotatable bonds is 2. The smallest absolute Gasteiger partial charge is 0.151 e. The highest BCUT2D eigenvalue weighted by Crippen LogP contribution is 2.24. The Bertz CT molecular complexity index is 461. The van der Waals surface area contributed by atoms with Gasteiger partial charge in [0.15, 0.2) is 5.82 Å². The molecule has 0 fully saturated rings. The maximum Gasteiger partial charge on any atom is 0.151 e. The van der Waals surface area contributed by atoms with Crippen molar-refractivity contribution >= 4 is 5.82 Å². The third-order valence-corrected chi connectivity index (χ3v) is 2.71. The number of nitrogens with one attached hydrogen (secondary N) is 1. The first-order chi connectivity index (χ1) is 7.43. The lowest BCUT2D eigenvalue weighted by Gasteiger charge is -2.09. The number of nitrogens with zero attached hydrogens (tertiary/aromatic N) is 3. The van der Waals surface area contributed by atoms with Crippen LogP contribution < -0.4 is 5.43 Å². The lowest BCUT2D eigenvalue weighted by atomic mass is 10.2. The normalized spacial score (nSPS) is 13.9. The van der Waals surface area contributed by atoms with Crippen LogP contribution in [0.15, 0.2) is 30.9 Å². The van der Waals surface area contributed by atoms with Crippen LogP contribution in [0.2, 0.25) is 0 Å². The van der Waals surface area contributed by atoms with Gasteiger partial charge in [-0.05, 0) is 31.4 Å². The standard InChI is InChI=1S/C11H12N4/c1-2-7-15(6-1)14-11-9-4-3-5-10(9)12-8-13-11/h1-2,6-8H,3-5H2,(H,12,13,14). The van der Waals surface area contributed by atoms with Crippen LogP contribution in [0.1, 0.15) is 17.7 Å². The maximum atomic E-state index is 4.29. The molecule has 0 radical (unpaired) electrons. The Morgan fingerprint density at radius 3 is 2.87 bits per heavy atom. The van der Waals surface area contributed by atoms with Crippen molar-refractivity contribution in [3.63, 3.8) is 0 Å². The second kappa shape index (κ2) is 3.38. The van der Waals surface area contributed by atoms with Gasteiger partial charge in [0, 0.05) is 23.7 Å². The molecule has 1 N–H and O–H groups in total. The molecule has 1 aliphatic carbocycles. The summed E-state index contributed by atoms with van der Waals surface area (Å²) in [7, 11) is 0. The molecule has 1 aliphatic rings. The molecule has 76 valence electrons. The molecule has 0 saturated heterocycles. The van der Waals surface area contributed by atoms with Crippen LogP contribution >= 0.6 is 0 Å². The lowest BCUT2D eigenvalue weighted by molar-refractivity contribution is 0.897. The zero-order valence-electron chi connectivity index (χ0n) is 8.35. The minimum absolute atomic E-state index is 0.939. The zero-order valence-corrected chi connectivity index (χ0v) is 8.35. The number of aromatic nitrogens is 3. The summed E-state index contributed by atoms with van der Waals surface area (Å²) in [5.74, 6) is 0.939. The largest absolute Gasteiger partial charge is 0.278 e. The lowest BCUT2D eigenvalue weighted by Crippen LogP contribution is -2.10. The highest BCUT2D eigenvalue weighted by atomic mass is 15.4. The predicted octanol–water partition coefficient (Wildman–Crippen LogP) is 1.64. The molecule has 4 heteroatoms. The van der Waals surface area contributed by atoms with E-state index in [0.717, 1.165) is 18.7 Å². The molecule has 0 spiro atoms. The van der Waals surface area contributed by atoms with Gasteiger partial charge < -0.3 is 0 Å². The molecule has 2 aromatic rings. The third-order valence-electron chi connectivity index (χ3n) is 2.71. The Hall–Kier alpha value is -1.84. The van der Waals surface area contributed by atoms with Crippen LogP contribution in [0.4, 0.5) is 5.82 Å². The molecule has 2 heterocycles. The summed E-state index contributed by atoms with van der Waals surface area (Å²) in [5, 5.41) is 0. The van der Waals surface area contributed by atoms with Gasteiger partial charge in [-0.25, -0.2) is 9.97 Å². The van der Waals surface area contributed by atoms with E-state index in [4.69, 9.17) is 0 Å². The average Bonchev–Trinajstić information content (AvgIpc) is 2.87. The molecule has 0 saturated carbocycles. The van der Waals surface area contributed by atoms with E-state index in [1.807, 2.05) is 29.2 Å². The van der Waals surface area contributed by atoms with Crippen molar-refractivity contribution in [1.82, 2.24) is 14.6 Å². The van der Waals surface area contributed by atoms with Crippen LogP contribution in [-0.2, 0) is 12.8 Å². The van der Waals surface area contributed by atoms with Crippen molar-refractivity contribution in [2.75, 3.05) is 5.43 Å². The number of fused-ring (bicyclic) bond motifs is 1. The summed E-state index contributed by atoms with van der Waals surface area (Å²) in [6.45, 7) is 0. The van der Waals surface area contributed by atoms with Gasteiger partial charge in [-0.15, -0.1) is 0 Å². The SMILES string of the molecule is c1ccn(Nc2ncnc3c2CCC3)c1. The van der Waals surface area contributed by atoms with Gasteiger partial charge in [-0.2, -0.15) is 0 Å². The van der Waals surface area contributed by atoms with Crippen molar-refractivity contribution < 1.29 is 0 Å². The minimum Gasteiger partial charge on any atom is -0.278 e. The van der Waals surface area contributed by atoms with E-state index in [2.05, 4.69) is 15.4 Å². The van der Waals surface area contributed by atoms with E-state index >= 15 is 0 Å². The van der Waals surface area contributed by atoms with Gasteiger partial charge in [0.2, 0.25) is 0 Å². The number of hydrogen-bond acceptors (Lipinski definition) is 3. The van der Waals surface area contributed by atoms with Crippen molar-refractivity contribution in [1.29, 1.82) is 0 Å². The molecular weight excluding hydrogens is 188 g/mol. The second-order valence-corrected chi connectivity index (χ2v) is 3.70. The number of hydrogen-bond donors (Lipinski definition) is 1. The molecule has 0 atom stereocenters. The van der Waals surface area contributed by atoms with Gasteiger partial charge in [0.1, 0.15) is 6.33 Å². The molecule has 0 aromatic carbocycles. The summed E-state index contributed by atoms with van der Waals surface area (Å²) < 4.78 is 1.90. The van der Waals surface area contributed by atoms with Gasteiger partial charge in [0.25, 0.3) is 0 Å². The first-order valence-corrected chi connectivity index (χ1v) is 5.16. The topological polar surface area (TPSA) is 42.7 Å². The van der Waals surface area contributed by atoms with Crippen LogP contribution in [0.3, 0.4) is 0 Å². The fourth-order valence-electron chi connectivity index (χ4n) is 1.99. The number of aryl methyl sites for hydroxylation is 1. The first-order valence-electron chi connectivity index (χ1n) is 5.16. The Balaban J connectivity index is 1.96. The van der Waals surface area contributed by atoms with E-state index in [1.165, 1.54) is 17.7 Å². The predicted molar refractivity (Wildman–Crippen MR) is 57.5 cm³/mol. The highest BCUT2D eigenvalue weighted by Gasteiger charge is 2.16. The maximum absolute atomic E-state index is 4.29. The van der Waals surface area contributed by atoms with Crippen molar-refractivity contribution in [2.45, 2.75) is 19.3 Å². The quantitative estimate of drug-likeness (QED) is 0.801. The van der Waals surface area contributed by atoms with Gasteiger partial charge in [-0.3, -0.25) is 10.1 Å². The Labute approximate surface area is 88.0 Å². The summed E-state index contributed by atoms with van der Waals surface area (Å²) >= 11 is 0. The van der Waals surface area contributed by atoms with Crippen molar-refractivity contribution in [3.05, 3.63) is 42.1 Å². The van der Waals surface area contributed by atoms with E-state index in [-0.39, 0.29) is 0 Å². The molecule has 15 heavy (non-hydrogen) atoms. The zero-order chi connectivity index (χ0) is 10.1. The summed E-state index contributed by atoms with van der Waals surface area (Å²) in [4.78, 5) is 8.57. The summed E-state index contributed by atoms with van der Waals surface area (Å²) in [5.41, 5.74) is 5.71. The molecule has 4 nitrogen and oxygen atoms in total. The highest BCUT2D eigenvalue weighted by molar-refractivity contribution is 5.47. The van der Waals surface area contributed by atoms with Crippen LogP contribution in [0.5, 0.6) is 0 Å². The van der Waals surface area contributed by atoms with Crippen LogP contribution in [-0.4, -0.2) is 14.6 Å². The molecule has 0 unspecified atom stereocenters. The van der Waals surface area contributed by atoms with Gasteiger partial charge in [0.05, 0.1) is 0 Å². The average molecular weight is 200 g/mol. The fourth-order valence-corrected chi connectivity index (χ4v) is 1.99. The molecular formula is C11H12N4. The minimum atomic E-state index is 0.939. The molecule has 0 bridgehead atoms. The fraction of sp³-hybridized carbons (Fsp3) is 0.273. The van der Waals surface area contributed by atoms with Crippen molar-refractivity contribution in [2.24, 2.45) is 0 Å². The Morgan fingerprint density at radius 2 is 2.00 bits per heavy atom. The van der Waals surface area contributed by atoms with Gasteiger partial charge >= 0.3 is 0 Å². The van der Waals surface area contributed by atoms with Crippen LogP contribution in [0.25, 0.3) is 0 Å². The molecule has 0 aliphatic heterocycles. The van der Waals surface area contributed by atoms with E-state index in [1.54, 1.807) is 6.33 Å². The second-order valence-electron chi connectivity index (χ2n) is 3.70. The summed E-state index contributed by atoms with van der Waals surface area (Å²) in [6, 6.07) is 3.96. The monoisotopic (exact) mass is 200 g/mol. The Kier molecular flexibility index (Phi) is 1.91. The first kappa shape index (κ1) is 8.47. The Morgan fingerprint density at radius 1 is 1.13 bits per heavy atom. The van der Waals surface area contributed by atoms with E-state index in [0.29, 0.717) is 0 Å². The van der Waals surface area contributed by atoms with E-state index in [9.17, 15) is 0 Å². The van der Waals surface area contributed by atoms with Crippen molar-refractivity contribution in [3.8, 4) is 0 Å². The number of anilines is 1.